The van der Waals surface area contributed by atoms with E-state index in [1.165, 1.54) is 0 Å². The summed E-state index contributed by atoms with van der Waals surface area (Å²) < 4.78 is 11.4. The van der Waals surface area contributed by atoms with Crippen LogP contribution in [0.5, 0.6) is 0 Å². The van der Waals surface area contributed by atoms with E-state index in [0.717, 1.165) is 43.0 Å². The van der Waals surface area contributed by atoms with E-state index in [0.29, 0.717) is 25.0 Å². The van der Waals surface area contributed by atoms with Gasteiger partial charge in [-0.25, -0.2) is 9.59 Å². The normalized spacial score (nSPS) is 11.1. The fourth-order valence-corrected chi connectivity index (χ4v) is 3.02. The number of carbonyl (C=O) groups is 2. The highest BCUT2D eigenvalue weighted by molar-refractivity contribution is 9.10. The smallest absolute Gasteiger partial charge is 0.339 e. The van der Waals surface area contributed by atoms with Crippen molar-refractivity contribution in [2.45, 2.75) is 66.2 Å². The lowest BCUT2D eigenvalue weighted by Gasteiger charge is -2.11. The number of unbranched alkanes of at least 4 members (excludes halogenated alkanes) is 2. The van der Waals surface area contributed by atoms with Gasteiger partial charge in [0.2, 0.25) is 0 Å². The minimum absolute atomic E-state index is 0.250. The summed E-state index contributed by atoms with van der Waals surface area (Å²) in [5.74, 6) is 0.341. The molecule has 1 rings (SSSR count). The molecule has 0 atom stereocenters. The average Bonchev–Trinajstić information content (AvgIpc) is 2.60. The van der Waals surface area contributed by atoms with Crippen LogP contribution >= 0.6 is 15.9 Å². The van der Waals surface area contributed by atoms with Gasteiger partial charge in [0.05, 0.1) is 24.3 Å². The Labute approximate surface area is 172 Å². The number of rotatable bonds is 12. The van der Waals surface area contributed by atoms with Gasteiger partial charge in [0.25, 0.3) is 0 Å². The monoisotopic (exact) mass is 440 g/mol. The summed E-state index contributed by atoms with van der Waals surface area (Å²) >= 11 is 3.35. The van der Waals surface area contributed by atoms with Gasteiger partial charge in [0, 0.05) is 4.47 Å². The van der Waals surface area contributed by atoms with E-state index in [4.69, 9.17) is 9.47 Å². The van der Waals surface area contributed by atoms with Crippen molar-refractivity contribution in [2.75, 3.05) is 13.2 Å². The van der Waals surface area contributed by atoms with Crippen LogP contribution in [0.4, 0.5) is 0 Å². The molecule has 0 aromatic heterocycles. The van der Waals surface area contributed by atoms with Gasteiger partial charge in [-0.1, -0.05) is 56.5 Å². The maximum atomic E-state index is 12.4. The third kappa shape index (κ3) is 9.94. The summed E-state index contributed by atoms with van der Waals surface area (Å²) in [4.78, 5) is 24.8. The van der Waals surface area contributed by atoms with Crippen molar-refractivity contribution in [3.8, 4) is 0 Å². The van der Waals surface area contributed by atoms with Crippen LogP contribution in [0, 0.1) is 11.8 Å². The van der Waals surface area contributed by atoms with Crippen molar-refractivity contribution in [2.24, 2.45) is 11.8 Å². The Morgan fingerprint density at radius 3 is 1.78 bits per heavy atom. The van der Waals surface area contributed by atoms with Gasteiger partial charge in [0.1, 0.15) is 0 Å². The third-order valence-electron chi connectivity index (χ3n) is 4.24. The zero-order chi connectivity index (χ0) is 20.2. The number of ether oxygens (including phenoxy) is 2. The van der Waals surface area contributed by atoms with E-state index >= 15 is 0 Å². The lowest BCUT2D eigenvalue weighted by molar-refractivity contribution is 0.0449. The lowest BCUT2D eigenvalue weighted by Crippen LogP contribution is -2.15. The number of carbonyl (C=O) groups excluding carboxylic acids is 2. The average molecular weight is 441 g/mol. The molecule has 0 amide bonds. The zero-order valence-corrected chi connectivity index (χ0v) is 18.6. The Bertz CT molecular complexity index is 596. The third-order valence-corrected chi connectivity index (χ3v) is 4.73. The Balaban J connectivity index is 2.57. The van der Waals surface area contributed by atoms with Crippen molar-refractivity contribution in [3.63, 3.8) is 0 Å². The molecule has 152 valence electrons. The van der Waals surface area contributed by atoms with Crippen molar-refractivity contribution < 1.29 is 19.1 Å². The van der Waals surface area contributed by atoms with Crippen LogP contribution in [0.15, 0.2) is 22.7 Å². The van der Waals surface area contributed by atoms with E-state index in [1.54, 1.807) is 18.2 Å². The fourth-order valence-electron chi connectivity index (χ4n) is 2.66. The van der Waals surface area contributed by atoms with E-state index in [9.17, 15) is 9.59 Å². The van der Waals surface area contributed by atoms with Crippen LogP contribution in [0.3, 0.4) is 0 Å². The van der Waals surface area contributed by atoms with Crippen LogP contribution in [0.1, 0.15) is 86.9 Å². The molecule has 1 aromatic rings. The molecule has 0 aliphatic rings. The first-order chi connectivity index (χ1) is 12.8. The van der Waals surface area contributed by atoms with Crippen LogP contribution in [-0.4, -0.2) is 25.2 Å². The lowest BCUT2D eigenvalue weighted by atomic mass is 10.1. The molecule has 27 heavy (non-hydrogen) atoms. The first-order valence-corrected chi connectivity index (χ1v) is 10.7. The van der Waals surface area contributed by atoms with Crippen LogP contribution in [0.25, 0.3) is 0 Å². The van der Waals surface area contributed by atoms with Gasteiger partial charge in [-0.3, -0.25) is 0 Å². The predicted octanol–water partition coefficient (Wildman–Crippen LogP) is 6.42. The van der Waals surface area contributed by atoms with Crippen LogP contribution < -0.4 is 0 Å². The highest BCUT2D eigenvalue weighted by Gasteiger charge is 2.20. The number of halogens is 1. The van der Waals surface area contributed by atoms with Gasteiger partial charge < -0.3 is 9.47 Å². The van der Waals surface area contributed by atoms with Crippen molar-refractivity contribution in [3.05, 3.63) is 33.8 Å². The molecule has 0 N–H and O–H groups in total. The maximum Gasteiger partial charge on any atom is 0.339 e. The van der Waals surface area contributed by atoms with E-state index in [2.05, 4.69) is 43.6 Å². The van der Waals surface area contributed by atoms with Gasteiger partial charge in [-0.15, -0.1) is 0 Å². The first-order valence-electron chi connectivity index (χ1n) is 9.95. The predicted molar refractivity (Wildman–Crippen MR) is 112 cm³/mol. The molecule has 0 bridgehead atoms. The van der Waals surface area contributed by atoms with Gasteiger partial charge in [-0.05, 0) is 55.7 Å². The molecule has 0 unspecified atom stereocenters. The molecule has 0 aliphatic heterocycles. The second-order valence-corrected chi connectivity index (χ2v) is 8.66. The topological polar surface area (TPSA) is 52.6 Å². The van der Waals surface area contributed by atoms with Crippen molar-refractivity contribution in [1.29, 1.82) is 0 Å². The molecular weight excluding hydrogens is 408 g/mol. The second-order valence-electron chi connectivity index (χ2n) is 7.74. The molecule has 0 saturated carbocycles. The summed E-state index contributed by atoms with van der Waals surface area (Å²) in [7, 11) is 0. The molecular formula is C22H33BrO4. The van der Waals surface area contributed by atoms with Crippen molar-refractivity contribution >= 4 is 27.9 Å². The van der Waals surface area contributed by atoms with Gasteiger partial charge in [0.15, 0.2) is 0 Å². The van der Waals surface area contributed by atoms with E-state index < -0.39 is 11.9 Å². The highest BCUT2D eigenvalue weighted by Crippen LogP contribution is 2.19. The van der Waals surface area contributed by atoms with Crippen LogP contribution in [0.2, 0.25) is 0 Å². The van der Waals surface area contributed by atoms with Gasteiger partial charge >= 0.3 is 11.9 Å². The molecule has 0 saturated heterocycles. The first kappa shape index (κ1) is 23.7. The Kier molecular flexibility index (Phi) is 11.3. The quantitative estimate of drug-likeness (QED) is 0.278. The molecule has 0 spiro atoms. The fraction of sp³-hybridized carbons (Fsp3) is 0.636. The van der Waals surface area contributed by atoms with Crippen LogP contribution in [-0.2, 0) is 9.47 Å². The van der Waals surface area contributed by atoms with E-state index in [-0.39, 0.29) is 11.1 Å². The number of hydrogen-bond donors (Lipinski definition) is 0. The Hall–Kier alpha value is -1.36. The minimum atomic E-state index is -0.479. The molecule has 0 aliphatic carbocycles. The summed E-state index contributed by atoms with van der Waals surface area (Å²) in [5.41, 5.74) is 0.509. The molecule has 0 radical (unpaired) electrons. The number of esters is 2. The summed E-state index contributed by atoms with van der Waals surface area (Å²) in [6.07, 6.45) is 5.93. The largest absolute Gasteiger partial charge is 0.462 e. The summed E-state index contributed by atoms with van der Waals surface area (Å²) in [6, 6.07) is 4.95. The molecule has 0 heterocycles. The number of benzene rings is 1. The van der Waals surface area contributed by atoms with Gasteiger partial charge in [-0.2, -0.15) is 0 Å². The molecule has 4 nitrogen and oxygen atoms in total. The minimum Gasteiger partial charge on any atom is -0.462 e. The Morgan fingerprint density at radius 2 is 1.30 bits per heavy atom. The summed E-state index contributed by atoms with van der Waals surface area (Å²) in [6.45, 7) is 9.43. The standard InChI is InChI=1S/C22H33BrO4/c1-16(2)9-5-7-13-26-21(24)19-12-11-18(23)15-20(19)22(25)27-14-8-6-10-17(3)4/h11-12,15-17H,5-10,13-14H2,1-4H3. The number of hydrogen-bond acceptors (Lipinski definition) is 4. The van der Waals surface area contributed by atoms with Crippen molar-refractivity contribution in [1.82, 2.24) is 0 Å². The zero-order valence-electron chi connectivity index (χ0n) is 17.1. The maximum absolute atomic E-state index is 12.4. The SMILES string of the molecule is CC(C)CCCCOC(=O)c1ccc(Br)cc1C(=O)OCCCCC(C)C. The Morgan fingerprint density at radius 1 is 0.815 bits per heavy atom. The summed E-state index contributed by atoms with van der Waals surface area (Å²) in [5, 5.41) is 0. The molecule has 5 heteroatoms. The molecule has 0 fully saturated rings. The van der Waals surface area contributed by atoms with E-state index in [1.807, 2.05) is 0 Å². The highest BCUT2D eigenvalue weighted by atomic mass is 79.9. The second kappa shape index (κ2) is 12.9. The molecule has 1 aromatic carbocycles.